The van der Waals surface area contributed by atoms with Crippen molar-refractivity contribution in [2.45, 2.75) is 11.8 Å². The maximum absolute atomic E-state index is 12.5. The highest BCUT2D eigenvalue weighted by atomic mass is 35.5. The number of nitrogens with one attached hydrogen (secondary N) is 3. The zero-order valence-electron chi connectivity index (χ0n) is 14.9. The van der Waals surface area contributed by atoms with Crippen molar-refractivity contribution in [3.63, 3.8) is 0 Å². The predicted octanol–water partition coefficient (Wildman–Crippen LogP) is 5.26. The summed E-state index contributed by atoms with van der Waals surface area (Å²) in [7, 11) is -3.66. The number of aryl methyl sites for hydroxylation is 1. The summed E-state index contributed by atoms with van der Waals surface area (Å²) in [5.74, 6) is 0. The van der Waals surface area contributed by atoms with Gasteiger partial charge in [0.05, 0.1) is 4.90 Å². The Bertz CT molecular complexity index is 1070. The van der Waals surface area contributed by atoms with Crippen molar-refractivity contribution in [3.05, 3.63) is 83.4 Å². The number of hydrogen-bond acceptors (Lipinski definition) is 3. The van der Waals surface area contributed by atoms with E-state index in [1.165, 1.54) is 12.1 Å². The molecule has 0 spiro atoms. The molecule has 144 valence electrons. The van der Waals surface area contributed by atoms with Crippen LogP contribution in [0.5, 0.6) is 0 Å². The monoisotopic (exact) mass is 431 g/mol. The van der Waals surface area contributed by atoms with E-state index in [0.717, 1.165) is 11.3 Å². The van der Waals surface area contributed by atoms with Crippen LogP contribution in [-0.2, 0) is 10.0 Å². The summed E-state index contributed by atoms with van der Waals surface area (Å²) in [5.41, 5.74) is 3.03. The standard InChI is InChI=1S/C20H18ClN3O2S2/c1-14-2-6-18(7-3-14)24-28(25,26)19-12-10-17(11-13-19)23-20(27)22-16-8-4-15(21)5-9-16/h2-13,24H,1H3,(H2,22,23,27). The minimum absolute atomic E-state index is 0.162. The molecule has 3 rings (SSSR count). The molecular weight excluding hydrogens is 414 g/mol. The summed E-state index contributed by atoms with van der Waals surface area (Å²) in [5, 5.41) is 7.07. The van der Waals surface area contributed by atoms with Gasteiger partial charge in [0.25, 0.3) is 10.0 Å². The van der Waals surface area contributed by atoms with Crippen molar-refractivity contribution in [2.24, 2.45) is 0 Å². The second kappa shape index (κ2) is 8.60. The molecule has 5 nitrogen and oxygen atoms in total. The molecule has 0 aliphatic heterocycles. The van der Waals surface area contributed by atoms with Crippen molar-refractivity contribution in [2.75, 3.05) is 15.4 Å². The van der Waals surface area contributed by atoms with Gasteiger partial charge in [-0.15, -0.1) is 0 Å². The van der Waals surface area contributed by atoms with Crippen LogP contribution in [0.15, 0.2) is 77.7 Å². The molecule has 0 amide bonds. The lowest BCUT2D eigenvalue weighted by molar-refractivity contribution is 0.601. The van der Waals surface area contributed by atoms with Crippen LogP contribution >= 0.6 is 23.8 Å². The highest BCUT2D eigenvalue weighted by Gasteiger charge is 2.14. The Kier molecular flexibility index (Phi) is 6.18. The van der Waals surface area contributed by atoms with Crippen molar-refractivity contribution >= 4 is 56.0 Å². The van der Waals surface area contributed by atoms with E-state index in [1.807, 2.05) is 31.2 Å². The number of rotatable bonds is 5. The highest BCUT2D eigenvalue weighted by molar-refractivity contribution is 7.92. The summed E-state index contributed by atoms with van der Waals surface area (Å²) in [4.78, 5) is 0.162. The van der Waals surface area contributed by atoms with E-state index >= 15 is 0 Å². The summed E-state index contributed by atoms with van der Waals surface area (Å²) < 4.78 is 27.6. The van der Waals surface area contributed by atoms with Crippen LogP contribution in [0.4, 0.5) is 17.1 Å². The zero-order chi connectivity index (χ0) is 20.1. The van der Waals surface area contributed by atoms with Gasteiger partial charge in [0.1, 0.15) is 0 Å². The molecule has 28 heavy (non-hydrogen) atoms. The number of hydrogen-bond donors (Lipinski definition) is 3. The van der Waals surface area contributed by atoms with Gasteiger partial charge in [0.2, 0.25) is 0 Å². The second-order valence-electron chi connectivity index (χ2n) is 6.08. The first-order valence-corrected chi connectivity index (χ1v) is 10.6. The van der Waals surface area contributed by atoms with Crippen LogP contribution < -0.4 is 15.4 Å². The van der Waals surface area contributed by atoms with E-state index in [4.69, 9.17) is 23.8 Å². The molecule has 0 aliphatic carbocycles. The predicted molar refractivity (Wildman–Crippen MR) is 120 cm³/mol. The third kappa shape index (κ3) is 5.45. The maximum atomic E-state index is 12.5. The fraction of sp³-hybridized carbons (Fsp3) is 0.0500. The van der Waals surface area contributed by atoms with E-state index in [1.54, 1.807) is 36.4 Å². The molecule has 3 aromatic rings. The van der Waals surface area contributed by atoms with Crippen LogP contribution in [0, 0.1) is 6.92 Å². The van der Waals surface area contributed by atoms with Gasteiger partial charge in [-0.05, 0) is 79.8 Å². The third-order valence-electron chi connectivity index (χ3n) is 3.83. The molecule has 0 saturated carbocycles. The fourth-order valence-corrected chi connectivity index (χ4v) is 3.80. The van der Waals surface area contributed by atoms with Crippen molar-refractivity contribution in [3.8, 4) is 0 Å². The molecule has 0 saturated heterocycles. The van der Waals surface area contributed by atoms with Gasteiger partial charge in [0.15, 0.2) is 5.11 Å². The minimum atomic E-state index is -3.66. The second-order valence-corrected chi connectivity index (χ2v) is 8.61. The van der Waals surface area contributed by atoms with Crippen LogP contribution in [0.1, 0.15) is 5.56 Å². The van der Waals surface area contributed by atoms with Crippen molar-refractivity contribution in [1.29, 1.82) is 0 Å². The van der Waals surface area contributed by atoms with Gasteiger partial charge in [-0.3, -0.25) is 4.72 Å². The Hall–Kier alpha value is -2.61. The topological polar surface area (TPSA) is 70.2 Å². The molecule has 0 bridgehead atoms. The van der Waals surface area contributed by atoms with Crippen LogP contribution in [0.3, 0.4) is 0 Å². The lowest BCUT2D eigenvalue weighted by Gasteiger charge is -2.12. The Morgan fingerprint density at radius 3 is 1.79 bits per heavy atom. The van der Waals surface area contributed by atoms with E-state index in [0.29, 0.717) is 21.5 Å². The maximum Gasteiger partial charge on any atom is 0.261 e. The van der Waals surface area contributed by atoms with Crippen LogP contribution in [-0.4, -0.2) is 13.5 Å². The molecular formula is C20H18ClN3O2S2. The Labute approximate surface area is 174 Å². The number of anilines is 3. The molecule has 8 heteroatoms. The minimum Gasteiger partial charge on any atom is -0.332 e. The molecule has 0 unspecified atom stereocenters. The molecule has 3 aromatic carbocycles. The van der Waals surface area contributed by atoms with Gasteiger partial charge < -0.3 is 10.6 Å². The van der Waals surface area contributed by atoms with Crippen LogP contribution in [0.25, 0.3) is 0 Å². The Balaban J connectivity index is 1.64. The summed E-state index contributed by atoms with van der Waals surface area (Å²) in [6.07, 6.45) is 0. The summed E-state index contributed by atoms with van der Waals surface area (Å²) in [6, 6.07) is 20.6. The average Bonchev–Trinajstić information content (AvgIpc) is 2.66. The van der Waals surface area contributed by atoms with Crippen LogP contribution in [0.2, 0.25) is 5.02 Å². The van der Waals surface area contributed by atoms with E-state index in [2.05, 4.69) is 15.4 Å². The number of halogens is 1. The van der Waals surface area contributed by atoms with E-state index in [9.17, 15) is 8.42 Å². The summed E-state index contributed by atoms with van der Waals surface area (Å²) >= 11 is 11.1. The normalized spacial score (nSPS) is 10.9. The zero-order valence-corrected chi connectivity index (χ0v) is 17.3. The smallest absolute Gasteiger partial charge is 0.261 e. The van der Waals surface area contributed by atoms with Gasteiger partial charge in [-0.25, -0.2) is 8.42 Å². The first kappa shape index (κ1) is 20.1. The quantitative estimate of drug-likeness (QED) is 0.481. The Morgan fingerprint density at radius 2 is 1.25 bits per heavy atom. The SMILES string of the molecule is Cc1ccc(NS(=O)(=O)c2ccc(NC(=S)Nc3ccc(Cl)cc3)cc2)cc1. The molecule has 3 N–H and O–H groups in total. The lowest BCUT2D eigenvalue weighted by atomic mass is 10.2. The van der Waals surface area contributed by atoms with Gasteiger partial charge in [-0.1, -0.05) is 29.3 Å². The number of thiocarbonyl (C=S) groups is 1. The Morgan fingerprint density at radius 1 is 0.786 bits per heavy atom. The molecule has 0 aliphatic rings. The molecule has 0 fully saturated rings. The van der Waals surface area contributed by atoms with E-state index in [-0.39, 0.29) is 4.90 Å². The lowest BCUT2D eigenvalue weighted by Crippen LogP contribution is -2.19. The van der Waals surface area contributed by atoms with Gasteiger partial charge in [0, 0.05) is 22.1 Å². The number of benzene rings is 3. The van der Waals surface area contributed by atoms with Crippen molar-refractivity contribution < 1.29 is 8.42 Å². The van der Waals surface area contributed by atoms with Gasteiger partial charge in [-0.2, -0.15) is 0 Å². The summed E-state index contributed by atoms with van der Waals surface area (Å²) in [6.45, 7) is 1.94. The highest BCUT2D eigenvalue weighted by Crippen LogP contribution is 2.19. The fourth-order valence-electron chi connectivity index (χ4n) is 2.38. The molecule has 0 atom stereocenters. The average molecular weight is 432 g/mol. The first-order chi connectivity index (χ1) is 13.3. The van der Waals surface area contributed by atoms with Gasteiger partial charge >= 0.3 is 0 Å². The molecule has 0 radical (unpaired) electrons. The van der Waals surface area contributed by atoms with Crippen molar-refractivity contribution in [1.82, 2.24) is 0 Å². The van der Waals surface area contributed by atoms with E-state index < -0.39 is 10.0 Å². The largest absolute Gasteiger partial charge is 0.332 e. The first-order valence-electron chi connectivity index (χ1n) is 8.35. The molecule has 0 heterocycles. The third-order valence-corrected chi connectivity index (χ3v) is 5.68. The number of sulfonamides is 1. The molecule has 0 aromatic heterocycles.